The van der Waals surface area contributed by atoms with Gasteiger partial charge in [-0.1, -0.05) is 134 Å². The molecule has 0 fully saturated rings. The van der Waals surface area contributed by atoms with Gasteiger partial charge < -0.3 is 15.5 Å². The lowest BCUT2D eigenvalue weighted by Gasteiger charge is -2.22. The Morgan fingerprint density at radius 3 is 1.65 bits per heavy atom. The van der Waals surface area contributed by atoms with Crippen molar-refractivity contribution in [2.45, 2.75) is 167 Å². The molecule has 1 amide bonds. The molecule has 4 N–H and O–H groups in total. The summed E-state index contributed by atoms with van der Waals surface area (Å²) in [4.78, 5) is 12.4. The highest BCUT2D eigenvalue weighted by molar-refractivity contribution is 7.85. The second-order valence-electron chi connectivity index (χ2n) is 11.2. The van der Waals surface area contributed by atoms with Crippen molar-refractivity contribution in [1.82, 2.24) is 5.32 Å². The Kier molecular flexibility index (Phi) is 25.9. The predicted molar refractivity (Wildman–Crippen MR) is 167 cm³/mol. The predicted octanol–water partition coefficient (Wildman–Crippen LogP) is 7.43. The molecule has 40 heavy (non-hydrogen) atoms. The topological polar surface area (TPSA) is 124 Å². The van der Waals surface area contributed by atoms with Crippen molar-refractivity contribution < 1.29 is 28.0 Å². The largest absolute Gasteiger partial charge is 0.387 e. The summed E-state index contributed by atoms with van der Waals surface area (Å²) in [6.45, 7) is 4.41. The molecule has 0 aliphatic rings. The van der Waals surface area contributed by atoms with E-state index in [1.54, 1.807) is 6.08 Å². The van der Waals surface area contributed by atoms with Gasteiger partial charge in [-0.15, -0.1) is 0 Å². The van der Waals surface area contributed by atoms with Crippen LogP contribution in [0.2, 0.25) is 0 Å². The van der Waals surface area contributed by atoms with Crippen LogP contribution in [0, 0.1) is 0 Å². The minimum Gasteiger partial charge on any atom is -0.387 e. The molecule has 0 aliphatic heterocycles. The molecule has 0 aromatic heterocycles. The standard InChI is InChI=1S/C32H61NO6S/c1-3-5-7-9-11-13-15-16-17-19-20-22-24-26-30(34)29(28-40(37,38)39)33-32(36)31(35)27-25-23-21-18-14-12-10-8-6-4-2/h10,12,24,26,29-31,34-35H,3-9,11,13-23,25,27-28H2,1-2H3,(H,33,36)(H,37,38,39)/b12-10-,26-24+. The fourth-order valence-corrected chi connectivity index (χ4v) is 5.40. The van der Waals surface area contributed by atoms with Gasteiger partial charge in [0.15, 0.2) is 0 Å². The molecular formula is C32H61NO6S. The summed E-state index contributed by atoms with van der Waals surface area (Å²) >= 11 is 0. The Morgan fingerprint density at radius 1 is 0.675 bits per heavy atom. The summed E-state index contributed by atoms with van der Waals surface area (Å²) in [7, 11) is -4.43. The van der Waals surface area contributed by atoms with Crippen molar-refractivity contribution in [3.8, 4) is 0 Å². The lowest BCUT2D eigenvalue weighted by atomic mass is 10.0. The third kappa shape index (κ3) is 25.7. The molecule has 0 heterocycles. The molecule has 0 aromatic carbocycles. The van der Waals surface area contributed by atoms with Crippen LogP contribution in [-0.2, 0) is 14.9 Å². The van der Waals surface area contributed by atoms with Crippen LogP contribution in [0.15, 0.2) is 24.3 Å². The van der Waals surface area contributed by atoms with Crippen LogP contribution in [0.3, 0.4) is 0 Å². The average Bonchev–Trinajstić information content (AvgIpc) is 2.90. The van der Waals surface area contributed by atoms with Gasteiger partial charge in [0.05, 0.1) is 17.9 Å². The van der Waals surface area contributed by atoms with Gasteiger partial charge in [0.25, 0.3) is 10.1 Å². The Hall–Kier alpha value is -1.22. The maximum atomic E-state index is 12.4. The molecule has 0 aliphatic carbocycles. The fraction of sp³-hybridized carbons (Fsp3) is 0.844. The van der Waals surface area contributed by atoms with E-state index >= 15 is 0 Å². The highest BCUT2D eigenvalue weighted by Crippen LogP contribution is 2.13. The van der Waals surface area contributed by atoms with Crippen LogP contribution in [0.25, 0.3) is 0 Å². The summed E-state index contributed by atoms with van der Waals surface area (Å²) in [5.74, 6) is -1.55. The number of hydrogen-bond acceptors (Lipinski definition) is 5. The van der Waals surface area contributed by atoms with E-state index in [2.05, 4.69) is 31.3 Å². The summed E-state index contributed by atoms with van der Waals surface area (Å²) in [5.41, 5.74) is 0. The Labute approximate surface area is 246 Å². The maximum Gasteiger partial charge on any atom is 0.267 e. The van der Waals surface area contributed by atoms with E-state index in [-0.39, 0.29) is 6.42 Å². The first-order valence-corrected chi connectivity index (χ1v) is 17.8. The first-order valence-electron chi connectivity index (χ1n) is 16.1. The number of allylic oxidation sites excluding steroid dienone is 3. The molecule has 0 saturated heterocycles. The lowest BCUT2D eigenvalue weighted by Crippen LogP contribution is -2.50. The van der Waals surface area contributed by atoms with Crippen molar-refractivity contribution >= 4 is 16.0 Å². The van der Waals surface area contributed by atoms with Gasteiger partial charge >= 0.3 is 0 Å². The van der Waals surface area contributed by atoms with E-state index < -0.39 is 40.0 Å². The number of carbonyl (C=O) groups is 1. The SMILES string of the molecule is CCCC/C=C\CCCCCCC(O)C(=O)NC(CS(=O)(=O)O)C(O)/C=C/CCCCCCCCCCCCC. The minimum atomic E-state index is -4.43. The fourth-order valence-electron chi connectivity index (χ4n) is 4.67. The van der Waals surface area contributed by atoms with Crippen molar-refractivity contribution in [3.05, 3.63) is 24.3 Å². The maximum absolute atomic E-state index is 12.4. The Bertz CT molecular complexity index is 753. The summed E-state index contributed by atoms with van der Waals surface area (Å²) < 4.78 is 32.2. The number of hydrogen-bond donors (Lipinski definition) is 4. The van der Waals surface area contributed by atoms with Crippen molar-refractivity contribution in [1.29, 1.82) is 0 Å². The molecule has 0 bridgehead atoms. The Morgan fingerprint density at radius 2 is 1.12 bits per heavy atom. The van der Waals surface area contributed by atoms with Gasteiger partial charge in [-0.05, 0) is 38.5 Å². The average molecular weight is 588 g/mol. The van der Waals surface area contributed by atoms with E-state index in [0.717, 1.165) is 51.4 Å². The molecule has 0 aromatic rings. The van der Waals surface area contributed by atoms with E-state index in [1.807, 2.05) is 0 Å². The van der Waals surface area contributed by atoms with Crippen LogP contribution >= 0.6 is 0 Å². The summed E-state index contributed by atoms with van der Waals surface area (Å²) in [5, 5.41) is 23.1. The number of unbranched alkanes of at least 4 members (excludes halogenated alkanes) is 17. The third-order valence-corrected chi connectivity index (χ3v) is 8.01. The second kappa shape index (κ2) is 26.7. The lowest BCUT2D eigenvalue weighted by molar-refractivity contribution is -0.130. The first kappa shape index (κ1) is 38.8. The smallest absolute Gasteiger partial charge is 0.267 e. The highest BCUT2D eigenvalue weighted by atomic mass is 32.2. The molecule has 0 rings (SSSR count). The summed E-state index contributed by atoms with van der Waals surface area (Å²) in [6, 6.07) is -1.23. The van der Waals surface area contributed by atoms with Crippen LogP contribution in [-0.4, -0.2) is 53.1 Å². The third-order valence-electron chi connectivity index (χ3n) is 7.23. The van der Waals surface area contributed by atoms with Crippen molar-refractivity contribution in [3.63, 3.8) is 0 Å². The highest BCUT2D eigenvalue weighted by Gasteiger charge is 2.27. The van der Waals surface area contributed by atoms with Gasteiger partial charge in [-0.2, -0.15) is 8.42 Å². The molecule has 8 heteroatoms. The Balaban J connectivity index is 4.24. The molecular weight excluding hydrogens is 526 g/mol. The van der Waals surface area contributed by atoms with Gasteiger partial charge in [0.2, 0.25) is 5.91 Å². The zero-order valence-electron chi connectivity index (χ0n) is 25.6. The molecule has 7 nitrogen and oxygen atoms in total. The van der Waals surface area contributed by atoms with Crippen LogP contribution < -0.4 is 5.32 Å². The number of amides is 1. The molecule has 0 spiro atoms. The number of nitrogens with one attached hydrogen (secondary N) is 1. The summed E-state index contributed by atoms with van der Waals surface area (Å²) in [6.07, 6.45) is 28.1. The van der Waals surface area contributed by atoms with Crippen molar-refractivity contribution in [2.24, 2.45) is 0 Å². The van der Waals surface area contributed by atoms with Crippen LogP contribution in [0.1, 0.15) is 149 Å². The number of rotatable bonds is 28. The van der Waals surface area contributed by atoms with Gasteiger partial charge in [0.1, 0.15) is 6.10 Å². The zero-order valence-corrected chi connectivity index (χ0v) is 26.4. The van der Waals surface area contributed by atoms with Crippen LogP contribution in [0.5, 0.6) is 0 Å². The molecule has 3 unspecified atom stereocenters. The number of carbonyl (C=O) groups excluding carboxylic acids is 1. The molecule has 0 radical (unpaired) electrons. The molecule has 0 saturated carbocycles. The van der Waals surface area contributed by atoms with E-state index in [9.17, 15) is 28.0 Å². The normalized spacial score (nSPS) is 14.6. The van der Waals surface area contributed by atoms with E-state index in [4.69, 9.17) is 0 Å². The van der Waals surface area contributed by atoms with Gasteiger partial charge in [0, 0.05) is 0 Å². The number of aliphatic hydroxyl groups excluding tert-OH is 2. The quantitative estimate of drug-likeness (QED) is 0.0429. The zero-order chi connectivity index (χ0) is 29.9. The first-order chi connectivity index (χ1) is 19.2. The van der Waals surface area contributed by atoms with E-state index in [1.165, 1.54) is 76.7 Å². The number of aliphatic hydroxyl groups is 2. The molecule has 236 valence electrons. The van der Waals surface area contributed by atoms with Crippen molar-refractivity contribution in [2.75, 3.05) is 5.75 Å². The van der Waals surface area contributed by atoms with E-state index in [0.29, 0.717) is 6.42 Å². The molecule has 3 atom stereocenters. The minimum absolute atomic E-state index is 0.265. The second-order valence-corrected chi connectivity index (χ2v) is 12.7. The monoisotopic (exact) mass is 587 g/mol. The van der Waals surface area contributed by atoms with Crippen LogP contribution in [0.4, 0.5) is 0 Å². The van der Waals surface area contributed by atoms with Gasteiger partial charge in [-0.3, -0.25) is 9.35 Å². The van der Waals surface area contributed by atoms with Gasteiger partial charge in [-0.25, -0.2) is 0 Å².